The Balaban J connectivity index is 0.00000200. The average Bonchev–Trinajstić information content (AvgIpc) is 2.93. The predicted molar refractivity (Wildman–Crippen MR) is 80.0 cm³/mol. The highest BCUT2D eigenvalue weighted by Crippen LogP contribution is 2.07. The molecular weight excluding hydrogens is 280 g/mol. The summed E-state index contributed by atoms with van der Waals surface area (Å²) in [5.74, 6) is 0.270. The van der Waals surface area contributed by atoms with Crippen LogP contribution in [0, 0.1) is 0 Å². The molecule has 0 aliphatic carbocycles. The topological polar surface area (TPSA) is 55.9 Å². The van der Waals surface area contributed by atoms with Crippen LogP contribution in [0.2, 0.25) is 0 Å². The number of nitrogens with zero attached hydrogens (tertiary/aromatic N) is 3. The summed E-state index contributed by atoms with van der Waals surface area (Å²) in [7, 11) is 1.84. The van der Waals surface area contributed by atoms with Gasteiger partial charge in [0.15, 0.2) is 0 Å². The summed E-state index contributed by atoms with van der Waals surface area (Å²) in [6, 6.07) is 0. The number of nitrogens with one attached hydrogen (secondary N) is 1. The first-order valence-corrected chi connectivity index (χ1v) is 7.11. The summed E-state index contributed by atoms with van der Waals surface area (Å²) in [5, 5.41) is 3.22. The second-order valence-electron chi connectivity index (χ2n) is 5.39. The van der Waals surface area contributed by atoms with Crippen LogP contribution in [0.1, 0.15) is 12.8 Å². The molecule has 2 aliphatic heterocycles. The molecule has 0 radical (unpaired) electrons. The Labute approximate surface area is 126 Å². The van der Waals surface area contributed by atoms with Gasteiger partial charge in [0.1, 0.15) is 0 Å². The van der Waals surface area contributed by atoms with Gasteiger partial charge in [0.05, 0.1) is 13.1 Å². The van der Waals surface area contributed by atoms with Crippen LogP contribution in [0.15, 0.2) is 0 Å². The van der Waals surface area contributed by atoms with Crippen molar-refractivity contribution in [2.45, 2.75) is 12.8 Å². The molecule has 6 nitrogen and oxygen atoms in total. The van der Waals surface area contributed by atoms with Gasteiger partial charge in [-0.05, 0) is 19.9 Å². The van der Waals surface area contributed by atoms with E-state index in [4.69, 9.17) is 0 Å². The zero-order valence-corrected chi connectivity index (χ0v) is 13.0. The van der Waals surface area contributed by atoms with Gasteiger partial charge in [-0.3, -0.25) is 14.5 Å². The normalized spacial score (nSPS) is 19.1. The van der Waals surface area contributed by atoms with Gasteiger partial charge in [0.2, 0.25) is 11.8 Å². The number of piperazine rings is 1. The smallest absolute Gasteiger partial charge is 0.236 e. The SMILES string of the molecule is CN(CC(=O)N1CCCC1)CC(=O)N1CCNCC1.Cl. The monoisotopic (exact) mass is 304 g/mol. The molecule has 2 heterocycles. The molecule has 116 valence electrons. The molecule has 0 unspecified atom stereocenters. The van der Waals surface area contributed by atoms with E-state index in [-0.39, 0.29) is 24.2 Å². The van der Waals surface area contributed by atoms with Gasteiger partial charge in [-0.25, -0.2) is 0 Å². The molecule has 7 heteroatoms. The molecule has 0 aromatic heterocycles. The van der Waals surface area contributed by atoms with Crippen molar-refractivity contribution in [3.63, 3.8) is 0 Å². The number of carbonyl (C=O) groups is 2. The summed E-state index contributed by atoms with van der Waals surface area (Å²) >= 11 is 0. The van der Waals surface area contributed by atoms with Crippen molar-refractivity contribution in [1.29, 1.82) is 0 Å². The van der Waals surface area contributed by atoms with Gasteiger partial charge >= 0.3 is 0 Å². The number of halogens is 1. The van der Waals surface area contributed by atoms with E-state index in [1.54, 1.807) is 0 Å². The van der Waals surface area contributed by atoms with Gasteiger partial charge in [-0.1, -0.05) is 0 Å². The Bertz CT molecular complexity index is 328. The minimum Gasteiger partial charge on any atom is -0.342 e. The van der Waals surface area contributed by atoms with Crippen LogP contribution in [0.5, 0.6) is 0 Å². The number of rotatable bonds is 4. The molecule has 1 N–H and O–H groups in total. The lowest BCUT2D eigenvalue weighted by Gasteiger charge is -2.29. The van der Waals surface area contributed by atoms with Gasteiger partial charge in [0.25, 0.3) is 0 Å². The number of carbonyl (C=O) groups excluding carboxylic acids is 2. The van der Waals surface area contributed by atoms with Crippen LogP contribution in [-0.4, -0.2) is 85.9 Å². The minimum atomic E-state index is 0. The lowest BCUT2D eigenvalue weighted by Crippen LogP contribution is -2.50. The van der Waals surface area contributed by atoms with Gasteiger partial charge in [-0.2, -0.15) is 0 Å². The third-order valence-corrected chi connectivity index (χ3v) is 3.74. The van der Waals surface area contributed by atoms with Crippen molar-refractivity contribution in [3.8, 4) is 0 Å². The van der Waals surface area contributed by atoms with Gasteiger partial charge < -0.3 is 15.1 Å². The van der Waals surface area contributed by atoms with Crippen LogP contribution in [0.3, 0.4) is 0 Å². The molecule has 2 rings (SSSR count). The van der Waals surface area contributed by atoms with Crippen molar-refractivity contribution in [2.24, 2.45) is 0 Å². The zero-order valence-electron chi connectivity index (χ0n) is 12.1. The van der Waals surface area contributed by atoms with Crippen molar-refractivity contribution >= 4 is 24.2 Å². The number of hydrogen-bond donors (Lipinski definition) is 1. The second-order valence-corrected chi connectivity index (χ2v) is 5.39. The van der Waals surface area contributed by atoms with Gasteiger partial charge in [-0.15, -0.1) is 12.4 Å². The zero-order chi connectivity index (χ0) is 13.7. The number of amides is 2. The fourth-order valence-corrected chi connectivity index (χ4v) is 2.60. The maximum Gasteiger partial charge on any atom is 0.236 e. The Morgan fingerprint density at radius 2 is 1.40 bits per heavy atom. The summed E-state index contributed by atoms with van der Waals surface area (Å²) < 4.78 is 0. The molecular formula is C13H25ClN4O2. The van der Waals surface area contributed by atoms with Crippen LogP contribution >= 0.6 is 12.4 Å². The fourth-order valence-electron chi connectivity index (χ4n) is 2.60. The molecule has 2 amide bonds. The molecule has 2 fully saturated rings. The first kappa shape index (κ1) is 17.2. The first-order chi connectivity index (χ1) is 9.16. The van der Waals surface area contributed by atoms with Crippen LogP contribution in [0.4, 0.5) is 0 Å². The third kappa shape index (κ3) is 4.92. The Morgan fingerprint density at radius 3 is 1.90 bits per heavy atom. The lowest BCUT2D eigenvalue weighted by molar-refractivity contribution is -0.135. The minimum absolute atomic E-state index is 0. The molecule has 0 spiro atoms. The molecule has 0 saturated carbocycles. The van der Waals surface area contributed by atoms with Crippen molar-refractivity contribution < 1.29 is 9.59 Å². The van der Waals surface area contributed by atoms with E-state index in [0.717, 1.165) is 52.1 Å². The summed E-state index contributed by atoms with van der Waals surface area (Å²) in [4.78, 5) is 29.6. The highest BCUT2D eigenvalue weighted by atomic mass is 35.5. The van der Waals surface area contributed by atoms with E-state index < -0.39 is 0 Å². The average molecular weight is 305 g/mol. The second kappa shape index (κ2) is 8.44. The van der Waals surface area contributed by atoms with E-state index >= 15 is 0 Å². The number of likely N-dealkylation sites (tertiary alicyclic amines) is 1. The molecule has 0 atom stereocenters. The Morgan fingerprint density at radius 1 is 0.950 bits per heavy atom. The van der Waals surface area contributed by atoms with Crippen molar-refractivity contribution in [1.82, 2.24) is 20.0 Å². The van der Waals surface area contributed by atoms with Crippen molar-refractivity contribution in [2.75, 3.05) is 59.4 Å². The van der Waals surface area contributed by atoms with Crippen LogP contribution in [0.25, 0.3) is 0 Å². The van der Waals surface area contributed by atoms with E-state index in [1.807, 2.05) is 21.7 Å². The van der Waals surface area contributed by atoms with Crippen molar-refractivity contribution in [3.05, 3.63) is 0 Å². The summed E-state index contributed by atoms with van der Waals surface area (Å²) in [5.41, 5.74) is 0. The number of likely N-dealkylation sites (N-methyl/N-ethyl adjacent to an activating group) is 1. The molecule has 2 saturated heterocycles. The quantitative estimate of drug-likeness (QED) is 0.753. The largest absolute Gasteiger partial charge is 0.342 e. The maximum atomic E-state index is 12.0. The fraction of sp³-hybridized carbons (Fsp3) is 0.846. The number of hydrogen-bond acceptors (Lipinski definition) is 4. The Kier molecular flexibility index (Phi) is 7.26. The molecule has 0 bridgehead atoms. The van der Waals surface area contributed by atoms with E-state index in [0.29, 0.717) is 13.1 Å². The Hall–Kier alpha value is -0.850. The highest BCUT2D eigenvalue weighted by Gasteiger charge is 2.22. The highest BCUT2D eigenvalue weighted by molar-refractivity contribution is 5.85. The standard InChI is InChI=1S/C13H24N4O2.ClH/c1-15(10-12(18)16-6-2-3-7-16)11-13(19)17-8-4-14-5-9-17;/h14H,2-11H2,1H3;1H. The summed E-state index contributed by atoms with van der Waals surface area (Å²) in [6.07, 6.45) is 2.21. The molecule has 2 aliphatic rings. The predicted octanol–water partition coefficient (Wildman–Crippen LogP) is -0.606. The van der Waals surface area contributed by atoms with Crippen LogP contribution in [-0.2, 0) is 9.59 Å². The molecule has 0 aromatic carbocycles. The lowest BCUT2D eigenvalue weighted by atomic mass is 10.3. The summed E-state index contributed by atoms with van der Waals surface area (Å²) in [6.45, 7) is 5.69. The van der Waals surface area contributed by atoms with E-state index in [9.17, 15) is 9.59 Å². The molecule has 20 heavy (non-hydrogen) atoms. The third-order valence-electron chi connectivity index (χ3n) is 3.74. The maximum absolute atomic E-state index is 12.0. The van der Waals surface area contributed by atoms with E-state index in [1.165, 1.54) is 0 Å². The van der Waals surface area contributed by atoms with E-state index in [2.05, 4.69) is 5.32 Å². The van der Waals surface area contributed by atoms with Gasteiger partial charge in [0, 0.05) is 39.3 Å². The first-order valence-electron chi connectivity index (χ1n) is 7.11. The molecule has 0 aromatic rings. The van der Waals surface area contributed by atoms with Crippen LogP contribution < -0.4 is 5.32 Å².